The Kier molecular flexibility index (Phi) is 4.79. The van der Waals surface area contributed by atoms with Crippen molar-refractivity contribution in [2.75, 3.05) is 13.2 Å². The molecule has 0 aliphatic heterocycles. The Hall–Kier alpha value is -1.51. The molecular weight excluding hydrogens is 282 g/mol. The molecule has 21 heavy (non-hydrogen) atoms. The minimum Gasteiger partial charge on any atom is -0.494 e. The number of ether oxygens (including phenoxy) is 1. The molecule has 110 valence electrons. The predicted molar refractivity (Wildman–Crippen MR) is 87.1 cm³/mol. The molecule has 1 aliphatic carbocycles. The lowest BCUT2D eigenvalue weighted by Gasteiger charge is -2.17. The van der Waals surface area contributed by atoms with E-state index >= 15 is 0 Å². The SMILES string of the molecule is ClC1Cc2ccccc2C1NCCCOc1ccccc1. The van der Waals surface area contributed by atoms with E-state index in [1.807, 2.05) is 30.3 Å². The minimum atomic E-state index is 0.150. The van der Waals surface area contributed by atoms with Crippen LogP contribution in [0.3, 0.4) is 0 Å². The van der Waals surface area contributed by atoms with Crippen LogP contribution in [-0.4, -0.2) is 18.5 Å². The van der Waals surface area contributed by atoms with Crippen molar-refractivity contribution < 1.29 is 4.74 Å². The zero-order chi connectivity index (χ0) is 14.5. The molecule has 0 aromatic heterocycles. The zero-order valence-electron chi connectivity index (χ0n) is 12.0. The highest BCUT2D eigenvalue weighted by atomic mass is 35.5. The molecule has 3 heteroatoms. The molecule has 0 spiro atoms. The number of hydrogen-bond donors (Lipinski definition) is 1. The fourth-order valence-corrected chi connectivity index (χ4v) is 3.21. The van der Waals surface area contributed by atoms with E-state index in [4.69, 9.17) is 16.3 Å². The van der Waals surface area contributed by atoms with Crippen molar-refractivity contribution in [2.24, 2.45) is 0 Å². The average Bonchev–Trinajstić information content (AvgIpc) is 2.84. The summed E-state index contributed by atoms with van der Waals surface area (Å²) in [6.07, 6.45) is 1.92. The third-order valence-corrected chi connectivity index (χ3v) is 4.27. The molecule has 0 heterocycles. The van der Waals surface area contributed by atoms with Crippen molar-refractivity contribution in [3.05, 3.63) is 65.7 Å². The first-order valence-corrected chi connectivity index (χ1v) is 7.91. The van der Waals surface area contributed by atoms with Gasteiger partial charge in [-0.3, -0.25) is 0 Å². The van der Waals surface area contributed by atoms with Gasteiger partial charge in [-0.2, -0.15) is 0 Å². The van der Waals surface area contributed by atoms with Crippen molar-refractivity contribution in [3.63, 3.8) is 0 Å². The first-order valence-electron chi connectivity index (χ1n) is 7.48. The van der Waals surface area contributed by atoms with Gasteiger partial charge >= 0.3 is 0 Å². The van der Waals surface area contributed by atoms with Crippen LogP contribution >= 0.6 is 11.6 Å². The Morgan fingerprint density at radius 2 is 1.81 bits per heavy atom. The van der Waals surface area contributed by atoms with Gasteiger partial charge in [-0.25, -0.2) is 0 Å². The highest BCUT2D eigenvalue weighted by Gasteiger charge is 2.29. The number of para-hydroxylation sites is 1. The van der Waals surface area contributed by atoms with Gasteiger partial charge < -0.3 is 10.1 Å². The van der Waals surface area contributed by atoms with Crippen LogP contribution in [0.2, 0.25) is 0 Å². The number of alkyl halides is 1. The zero-order valence-corrected chi connectivity index (χ0v) is 12.7. The second-order valence-electron chi connectivity index (χ2n) is 5.37. The fraction of sp³-hybridized carbons (Fsp3) is 0.333. The Balaban J connectivity index is 1.44. The first-order chi connectivity index (χ1) is 10.3. The topological polar surface area (TPSA) is 21.3 Å². The Labute approximate surface area is 131 Å². The molecule has 1 aliphatic rings. The summed E-state index contributed by atoms with van der Waals surface area (Å²) in [5.74, 6) is 0.930. The molecule has 0 amide bonds. The van der Waals surface area contributed by atoms with E-state index < -0.39 is 0 Å². The van der Waals surface area contributed by atoms with Crippen LogP contribution in [0.15, 0.2) is 54.6 Å². The lowest BCUT2D eigenvalue weighted by Crippen LogP contribution is -2.27. The van der Waals surface area contributed by atoms with Gasteiger partial charge in [0.25, 0.3) is 0 Å². The second kappa shape index (κ2) is 6.97. The summed E-state index contributed by atoms with van der Waals surface area (Å²) in [5, 5.41) is 3.71. The number of nitrogens with one attached hydrogen (secondary N) is 1. The van der Waals surface area contributed by atoms with E-state index in [1.54, 1.807) is 0 Å². The largest absolute Gasteiger partial charge is 0.494 e. The summed E-state index contributed by atoms with van der Waals surface area (Å²) >= 11 is 6.46. The van der Waals surface area contributed by atoms with E-state index in [-0.39, 0.29) is 11.4 Å². The lowest BCUT2D eigenvalue weighted by molar-refractivity contribution is 0.305. The average molecular weight is 302 g/mol. The van der Waals surface area contributed by atoms with Gasteiger partial charge in [0.05, 0.1) is 12.0 Å². The van der Waals surface area contributed by atoms with Crippen LogP contribution in [0.1, 0.15) is 23.6 Å². The summed E-state index contributed by atoms with van der Waals surface area (Å²) in [6.45, 7) is 1.63. The highest BCUT2D eigenvalue weighted by molar-refractivity contribution is 6.21. The smallest absolute Gasteiger partial charge is 0.119 e. The monoisotopic (exact) mass is 301 g/mol. The molecule has 0 radical (unpaired) electrons. The summed E-state index contributed by atoms with van der Waals surface area (Å²) in [5.41, 5.74) is 2.72. The van der Waals surface area contributed by atoms with Crippen LogP contribution in [0, 0.1) is 0 Å². The summed E-state index contributed by atoms with van der Waals surface area (Å²) in [6, 6.07) is 18.7. The van der Waals surface area contributed by atoms with Crippen LogP contribution in [0.5, 0.6) is 5.75 Å². The third-order valence-electron chi connectivity index (χ3n) is 3.86. The molecule has 0 fully saturated rings. The number of rotatable bonds is 6. The Morgan fingerprint density at radius 1 is 1.05 bits per heavy atom. The maximum Gasteiger partial charge on any atom is 0.119 e. The van der Waals surface area contributed by atoms with Crippen molar-refractivity contribution >= 4 is 11.6 Å². The standard InChI is InChI=1S/C18H20ClNO/c19-17-13-14-7-4-5-10-16(14)18(17)20-11-6-12-21-15-8-2-1-3-9-15/h1-5,7-10,17-18,20H,6,11-13H2. The van der Waals surface area contributed by atoms with Crippen LogP contribution in [0.4, 0.5) is 0 Å². The van der Waals surface area contributed by atoms with Crippen molar-refractivity contribution in [1.29, 1.82) is 0 Å². The quantitative estimate of drug-likeness (QED) is 0.644. The summed E-state index contributed by atoms with van der Waals surface area (Å²) in [7, 11) is 0. The second-order valence-corrected chi connectivity index (χ2v) is 5.93. The van der Waals surface area contributed by atoms with Crippen molar-refractivity contribution in [1.82, 2.24) is 5.32 Å². The first kappa shape index (κ1) is 14.4. The minimum absolute atomic E-state index is 0.150. The maximum atomic E-state index is 6.46. The molecule has 0 saturated carbocycles. The van der Waals surface area contributed by atoms with E-state index in [0.717, 1.165) is 31.7 Å². The molecule has 3 rings (SSSR count). The number of fused-ring (bicyclic) bond motifs is 1. The van der Waals surface area contributed by atoms with Gasteiger partial charge in [0, 0.05) is 6.04 Å². The molecule has 2 aromatic rings. The van der Waals surface area contributed by atoms with Crippen LogP contribution < -0.4 is 10.1 Å². The lowest BCUT2D eigenvalue weighted by atomic mass is 10.1. The Morgan fingerprint density at radius 3 is 2.67 bits per heavy atom. The van der Waals surface area contributed by atoms with Gasteiger partial charge in [0.1, 0.15) is 5.75 Å². The summed E-state index contributed by atoms with van der Waals surface area (Å²) in [4.78, 5) is 0. The Bertz CT molecular complexity index is 572. The predicted octanol–water partition coefficient (Wildman–Crippen LogP) is 3.95. The molecule has 2 nitrogen and oxygen atoms in total. The van der Waals surface area contributed by atoms with Crippen LogP contribution in [0.25, 0.3) is 0 Å². The molecular formula is C18H20ClNO. The maximum absolute atomic E-state index is 6.46. The molecule has 1 N–H and O–H groups in total. The number of halogens is 1. The van der Waals surface area contributed by atoms with Gasteiger partial charge in [-0.1, -0.05) is 42.5 Å². The van der Waals surface area contributed by atoms with E-state index in [9.17, 15) is 0 Å². The third kappa shape index (κ3) is 3.58. The fourth-order valence-electron chi connectivity index (χ4n) is 2.82. The summed E-state index contributed by atoms with van der Waals surface area (Å²) < 4.78 is 5.69. The molecule has 2 atom stereocenters. The van der Waals surface area contributed by atoms with E-state index in [1.165, 1.54) is 11.1 Å². The normalized spacial score (nSPS) is 20.2. The van der Waals surface area contributed by atoms with Crippen LogP contribution in [-0.2, 0) is 6.42 Å². The molecule has 2 unspecified atom stereocenters. The molecule has 0 saturated heterocycles. The van der Waals surface area contributed by atoms with Gasteiger partial charge in [-0.05, 0) is 42.6 Å². The van der Waals surface area contributed by atoms with Crippen molar-refractivity contribution in [2.45, 2.75) is 24.3 Å². The van der Waals surface area contributed by atoms with E-state index in [0.29, 0.717) is 0 Å². The highest BCUT2D eigenvalue weighted by Crippen LogP contribution is 2.34. The van der Waals surface area contributed by atoms with E-state index in [2.05, 4.69) is 29.6 Å². The molecule has 2 aromatic carbocycles. The molecule has 0 bridgehead atoms. The van der Waals surface area contributed by atoms with Gasteiger partial charge in [-0.15, -0.1) is 11.6 Å². The van der Waals surface area contributed by atoms with Crippen molar-refractivity contribution in [3.8, 4) is 5.75 Å². The number of benzene rings is 2. The van der Waals surface area contributed by atoms with Gasteiger partial charge in [0.15, 0.2) is 0 Å². The number of hydrogen-bond acceptors (Lipinski definition) is 2. The van der Waals surface area contributed by atoms with Gasteiger partial charge in [0.2, 0.25) is 0 Å².